The lowest BCUT2D eigenvalue weighted by atomic mass is 9.99. The summed E-state index contributed by atoms with van der Waals surface area (Å²) in [7, 11) is 6.38. The molecule has 0 radical (unpaired) electrons. The molecule has 0 aliphatic heterocycles. The van der Waals surface area contributed by atoms with E-state index < -0.39 is 29.9 Å². The Bertz CT molecular complexity index is 1470. The fourth-order valence-electron chi connectivity index (χ4n) is 5.41. The van der Waals surface area contributed by atoms with Gasteiger partial charge in [-0.1, -0.05) is 84.9 Å². The molecule has 0 aromatic heterocycles. The molecule has 49 heavy (non-hydrogen) atoms. The van der Waals surface area contributed by atoms with E-state index in [0.717, 1.165) is 46.1 Å². The minimum Gasteiger partial charge on any atom is -0.370 e. The average molecular weight is 672 g/mol. The van der Waals surface area contributed by atoms with E-state index in [1.54, 1.807) is 0 Å². The number of nitrogens with zero attached hydrogens (tertiary/aromatic N) is 2. The summed E-state index contributed by atoms with van der Waals surface area (Å²) >= 11 is 0. The van der Waals surface area contributed by atoms with Crippen molar-refractivity contribution in [3.05, 3.63) is 96.1 Å². The van der Waals surface area contributed by atoms with Gasteiger partial charge in [0, 0.05) is 19.5 Å². The molecule has 0 aliphatic carbocycles. The lowest BCUT2D eigenvalue weighted by molar-refractivity contribution is -0.870. The van der Waals surface area contributed by atoms with Gasteiger partial charge in [-0.15, -0.1) is 0 Å². The number of hydrogen-bond acceptors (Lipinski definition) is 5. The minimum atomic E-state index is -0.954. The van der Waals surface area contributed by atoms with Gasteiger partial charge in [0.25, 0.3) is 0 Å². The van der Waals surface area contributed by atoms with Crippen LogP contribution in [0, 0.1) is 0 Å². The molecule has 9 N–H and O–H groups in total. The molecule has 3 aromatic carbocycles. The van der Waals surface area contributed by atoms with Crippen molar-refractivity contribution in [2.75, 3.05) is 40.8 Å². The Balaban J connectivity index is 1.75. The monoisotopic (exact) mass is 671 g/mol. The molecule has 0 spiro atoms. The molecule has 3 amide bonds. The van der Waals surface area contributed by atoms with E-state index in [-0.39, 0.29) is 18.3 Å². The molecule has 0 bridgehead atoms. The van der Waals surface area contributed by atoms with Gasteiger partial charge in [0.1, 0.15) is 12.1 Å². The lowest BCUT2D eigenvalue weighted by Gasteiger charge is -2.26. The average Bonchev–Trinajstić information content (AvgIpc) is 3.08. The Hall–Kier alpha value is -4.74. The van der Waals surface area contributed by atoms with E-state index in [9.17, 15) is 14.4 Å². The van der Waals surface area contributed by atoms with Crippen molar-refractivity contribution in [2.45, 2.75) is 63.1 Å². The fourth-order valence-corrected chi connectivity index (χ4v) is 5.41. The SMILES string of the molecule is C[N+](C)(C)CCCC[C@H](NC(=O)[C@H](Cc1ccc(-c2ccccc2)cc1)NC(=O)[C@@H](N)CCCN=C(N)N)C(=O)NCCc1ccccc1. The van der Waals surface area contributed by atoms with Gasteiger partial charge in [0.05, 0.1) is 33.7 Å². The molecule has 264 valence electrons. The van der Waals surface area contributed by atoms with Crippen LogP contribution < -0.4 is 33.2 Å². The second-order valence-corrected chi connectivity index (χ2v) is 13.5. The molecule has 0 heterocycles. The molecule has 0 aliphatic rings. The number of rotatable bonds is 20. The van der Waals surface area contributed by atoms with Crippen LogP contribution in [0.2, 0.25) is 0 Å². The van der Waals surface area contributed by atoms with Crippen LogP contribution in [0.4, 0.5) is 0 Å². The number of quaternary nitrogens is 1. The van der Waals surface area contributed by atoms with E-state index in [4.69, 9.17) is 17.2 Å². The summed E-state index contributed by atoms with van der Waals surface area (Å²) in [5.74, 6) is -1.17. The molecular formula is C38H55N8O3+. The molecule has 0 saturated heterocycles. The Kier molecular flexibility index (Phi) is 15.7. The summed E-state index contributed by atoms with van der Waals surface area (Å²) in [4.78, 5) is 44.6. The van der Waals surface area contributed by atoms with Crippen molar-refractivity contribution >= 4 is 23.7 Å². The second kappa shape index (κ2) is 19.9. The first-order chi connectivity index (χ1) is 23.4. The highest BCUT2D eigenvalue weighted by atomic mass is 16.2. The van der Waals surface area contributed by atoms with E-state index in [2.05, 4.69) is 42.1 Å². The number of nitrogens with one attached hydrogen (secondary N) is 3. The summed E-state index contributed by atoms with van der Waals surface area (Å²) < 4.78 is 0.809. The number of carbonyl (C=O) groups is 3. The van der Waals surface area contributed by atoms with Gasteiger partial charge in [-0.05, 0) is 60.8 Å². The maximum atomic E-state index is 13.9. The zero-order chi connectivity index (χ0) is 35.6. The number of unbranched alkanes of at least 4 members (excludes halogenated alkanes) is 1. The molecule has 0 saturated carbocycles. The topological polar surface area (TPSA) is 178 Å². The van der Waals surface area contributed by atoms with Gasteiger partial charge in [-0.2, -0.15) is 0 Å². The summed E-state index contributed by atoms with van der Waals surface area (Å²) in [5, 5.41) is 8.84. The smallest absolute Gasteiger partial charge is 0.243 e. The number of aliphatic imine (C=N–C) groups is 1. The molecule has 11 heteroatoms. The molecular weight excluding hydrogens is 616 g/mol. The first kappa shape index (κ1) is 38.7. The Labute approximate surface area is 291 Å². The van der Waals surface area contributed by atoms with Crippen LogP contribution >= 0.6 is 0 Å². The van der Waals surface area contributed by atoms with Crippen LogP contribution in [-0.2, 0) is 27.2 Å². The van der Waals surface area contributed by atoms with Crippen LogP contribution in [0.1, 0.15) is 43.2 Å². The maximum Gasteiger partial charge on any atom is 0.243 e. The lowest BCUT2D eigenvalue weighted by Crippen LogP contribution is -2.56. The van der Waals surface area contributed by atoms with Gasteiger partial charge in [0.15, 0.2) is 5.96 Å². The number of hydrogen-bond donors (Lipinski definition) is 6. The number of carbonyl (C=O) groups excluding carboxylic acids is 3. The number of amides is 3. The summed E-state index contributed by atoms with van der Waals surface area (Å²) in [6.45, 7) is 1.72. The van der Waals surface area contributed by atoms with Crippen LogP contribution in [-0.4, -0.2) is 87.1 Å². The number of nitrogens with two attached hydrogens (primary N) is 3. The third-order valence-electron chi connectivity index (χ3n) is 8.20. The van der Waals surface area contributed by atoms with E-state index in [1.807, 2.05) is 84.9 Å². The highest BCUT2D eigenvalue weighted by Crippen LogP contribution is 2.20. The first-order valence-corrected chi connectivity index (χ1v) is 17.1. The molecule has 11 nitrogen and oxygen atoms in total. The van der Waals surface area contributed by atoms with Crippen LogP contribution in [0.5, 0.6) is 0 Å². The Morgan fingerprint density at radius 3 is 1.94 bits per heavy atom. The van der Waals surface area contributed by atoms with E-state index >= 15 is 0 Å². The maximum absolute atomic E-state index is 13.9. The van der Waals surface area contributed by atoms with Crippen LogP contribution in [0.15, 0.2) is 89.9 Å². The van der Waals surface area contributed by atoms with Gasteiger partial charge in [-0.25, -0.2) is 0 Å². The normalized spacial score (nSPS) is 13.1. The van der Waals surface area contributed by atoms with Crippen molar-refractivity contribution in [3.8, 4) is 11.1 Å². The first-order valence-electron chi connectivity index (χ1n) is 17.1. The van der Waals surface area contributed by atoms with Crippen molar-refractivity contribution in [2.24, 2.45) is 22.2 Å². The third-order valence-corrected chi connectivity index (χ3v) is 8.20. The Morgan fingerprint density at radius 2 is 1.31 bits per heavy atom. The molecule has 0 unspecified atom stereocenters. The van der Waals surface area contributed by atoms with Gasteiger partial charge < -0.3 is 37.6 Å². The van der Waals surface area contributed by atoms with E-state index in [1.165, 1.54) is 0 Å². The van der Waals surface area contributed by atoms with Crippen molar-refractivity contribution in [3.63, 3.8) is 0 Å². The quantitative estimate of drug-likeness (QED) is 0.0465. The minimum absolute atomic E-state index is 0.0239. The molecule has 3 rings (SSSR count). The predicted octanol–water partition coefficient (Wildman–Crippen LogP) is 2.48. The molecule has 0 fully saturated rings. The summed E-state index contributed by atoms with van der Waals surface area (Å²) in [6.07, 6.45) is 3.86. The molecule has 3 aromatic rings. The van der Waals surface area contributed by atoms with Crippen LogP contribution in [0.3, 0.4) is 0 Å². The molecule has 3 atom stereocenters. The van der Waals surface area contributed by atoms with Gasteiger partial charge in [0.2, 0.25) is 17.7 Å². The fraction of sp³-hybridized carbons (Fsp3) is 0.421. The van der Waals surface area contributed by atoms with E-state index in [0.29, 0.717) is 38.8 Å². The zero-order valence-corrected chi connectivity index (χ0v) is 29.2. The zero-order valence-electron chi connectivity index (χ0n) is 29.2. The highest BCUT2D eigenvalue weighted by Gasteiger charge is 2.28. The van der Waals surface area contributed by atoms with Crippen molar-refractivity contribution in [1.29, 1.82) is 0 Å². The summed E-state index contributed by atoms with van der Waals surface area (Å²) in [6, 6.07) is 25.2. The third kappa shape index (κ3) is 14.9. The highest BCUT2D eigenvalue weighted by molar-refractivity contribution is 5.93. The van der Waals surface area contributed by atoms with Crippen LogP contribution in [0.25, 0.3) is 11.1 Å². The number of guanidine groups is 1. The standard InChI is InChI=1S/C38H54N8O3/c1-46(2,3)26-11-10-18-33(36(48)42-25-23-28-13-6-4-7-14-28)44-37(49)34(45-35(47)32(39)17-12-24-43-38(40)41)27-29-19-21-31(22-20-29)30-15-8-5-9-16-30/h4-9,13-16,19-22,32-34H,10-12,17-18,23-27,39H2,1-3H3,(H6-,40,41,42,43,44,45,47,48,49)/p+1/t32-,33-,34-/m0/s1. The largest absolute Gasteiger partial charge is 0.370 e. The van der Waals surface area contributed by atoms with Gasteiger partial charge >= 0.3 is 0 Å². The number of benzene rings is 3. The summed E-state index contributed by atoms with van der Waals surface area (Å²) in [5.41, 5.74) is 21.1. The Morgan fingerprint density at radius 1 is 0.694 bits per heavy atom. The van der Waals surface area contributed by atoms with Crippen molar-refractivity contribution < 1.29 is 18.9 Å². The van der Waals surface area contributed by atoms with Crippen molar-refractivity contribution in [1.82, 2.24) is 16.0 Å². The van der Waals surface area contributed by atoms with Gasteiger partial charge in [-0.3, -0.25) is 19.4 Å². The predicted molar refractivity (Wildman–Crippen MR) is 197 cm³/mol. The second-order valence-electron chi connectivity index (χ2n) is 13.5.